The topological polar surface area (TPSA) is 31.6 Å². The molecule has 1 aromatic heterocycles. The van der Waals surface area contributed by atoms with Crippen LogP contribution in [0.4, 0.5) is 0 Å². The summed E-state index contributed by atoms with van der Waals surface area (Å²) in [6, 6.07) is 3.60. The van der Waals surface area contributed by atoms with Crippen molar-refractivity contribution in [1.29, 1.82) is 0 Å². The van der Waals surface area contributed by atoms with Crippen molar-refractivity contribution in [2.75, 3.05) is 26.7 Å². The monoisotopic (exact) mass is 291 g/mol. The number of likely N-dealkylation sites (tertiary alicyclic amines) is 1. The van der Waals surface area contributed by atoms with E-state index < -0.39 is 0 Å². The largest absolute Gasteiger partial charge is 0.468 e. The minimum absolute atomic E-state index is 0.734. The first-order chi connectivity index (χ1) is 10.3. The van der Waals surface area contributed by atoms with E-state index in [4.69, 9.17) is 4.42 Å². The molecule has 0 amide bonds. The summed E-state index contributed by atoms with van der Waals surface area (Å²) < 4.78 is 5.66. The van der Waals surface area contributed by atoms with Gasteiger partial charge >= 0.3 is 0 Å². The Labute approximate surface area is 128 Å². The molecule has 2 heterocycles. The van der Waals surface area contributed by atoms with Crippen LogP contribution in [0.1, 0.15) is 43.9 Å². The third-order valence-electron chi connectivity index (χ3n) is 4.83. The van der Waals surface area contributed by atoms with Gasteiger partial charge in [0.05, 0.1) is 12.8 Å². The van der Waals surface area contributed by atoms with Crippen molar-refractivity contribution in [1.82, 2.24) is 15.1 Å². The van der Waals surface area contributed by atoms with Gasteiger partial charge in [-0.15, -0.1) is 0 Å². The van der Waals surface area contributed by atoms with Crippen LogP contribution >= 0.6 is 0 Å². The minimum atomic E-state index is 0.734. The van der Waals surface area contributed by atoms with Crippen molar-refractivity contribution in [3.8, 4) is 0 Å². The summed E-state index contributed by atoms with van der Waals surface area (Å²) in [5.74, 6) is 1.12. The van der Waals surface area contributed by atoms with E-state index in [1.165, 1.54) is 44.3 Å². The fourth-order valence-corrected chi connectivity index (χ4v) is 3.42. The fourth-order valence-electron chi connectivity index (χ4n) is 3.42. The van der Waals surface area contributed by atoms with Crippen molar-refractivity contribution in [2.45, 2.75) is 57.8 Å². The molecule has 2 aliphatic rings. The molecular weight excluding hydrogens is 262 g/mol. The molecule has 118 valence electrons. The van der Waals surface area contributed by atoms with E-state index >= 15 is 0 Å². The van der Waals surface area contributed by atoms with Gasteiger partial charge in [-0.3, -0.25) is 4.90 Å². The van der Waals surface area contributed by atoms with Gasteiger partial charge < -0.3 is 14.6 Å². The van der Waals surface area contributed by atoms with Gasteiger partial charge in [-0.25, -0.2) is 0 Å². The van der Waals surface area contributed by atoms with Crippen molar-refractivity contribution in [3.05, 3.63) is 23.7 Å². The predicted molar refractivity (Wildman–Crippen MR) is 85.2 cm³/mol. The molecule has 0 radical (unpaired) electrons. The van der Waals surface area contributed by atoms with E-state index in [2.05, 4.69) is 35.2 Å². The summed E-state index contributed by atoms with van der Waals surface area (Å²) in [4.78, 5) is 5.06. The highest BCUT2D eigenvalue weighted by Crippen LogP contribution is 2.21. The van der Waals surface area contributed by atoms with Gasteiger partial charge in [0.2, 0.25) is 0 Å². The summed E-state index contributed by atoms with van der Waals surface area (Å²) in [5.41, 5.74) is 1.34. The zero-order valence-corrected chi connectivity index (χ0v) is 13.5. The van der Waals surface area contributed by atoms with Gasteiger partial charge in [0.15, 0.2) is 0 Å². The summed E-state index contributed by atoms with van der Waals surface area (Å²) in [6.45, 7) is 7.76. The molecule has 0 bridgehead atoms. The number of rotatable bonds is 8. The highest BCUT2D eigenvalue weighted by molar-refractivity contribution is 5.17. The first kappa shape index (κ1) is 15.1. The van der Waals surface area contributed by atoms with E-state index in [0.717, 1.165) is 37.5 Å². The van der Waals surface area contributed by atoms with Crippen molar-refractivity contribution >= 4 is 0 Å². The number of nitrogens with one attached hydrogen (secondary N) is 1. The average Bonchev–Trinajstić information content (AvgIpc) is 3.03. The quantitative estimate of drug-likeness (QED) is 0.797. The lowest BCUT2D eigenvalue weighted by molar-refractivity contribution is 0.194. The lowest BCUT2D eigenvalue weighted by atomic mass is 10.2. The molecule has 0 aromatic carbocycles. The van der Waals surface area contributed by atoms with Crippen LogP contribution in [0.2, 0.25) is 0 Å². The summed E-state index contributed by atoms with van der Waals surface area (Å²) >= 11 is 0. The highest BCUT2D eigenvalue weighted by Gasteiger charge is 2.25. The Kier molecular flexibility index (Phi) is 4.99. The Hall–Kier alpha value is -0.840. The maximum Gasteiger partial charge on any atom is 0.122 e. The Morgan fingerprint density at radius 1 is 1.38 bits per heavy atom. The number of hydrogen-bond acceptors (Lipinski definition) is 4. The summed E-state index contributed by atoms with van der Waals surface area (Å²) in [6.07, 6.45) is 7.18. The van der Waals surface area contributed by atoms with Gasteiger partial charge in [0.25, 0.3) is 0 Å². The smallest absolute Gasteiger partial charge is 0.122 e. The van der Waals surface area contributed by atoms with Crippen molar-refractivity contribution in [3.63, 3.8) is 0 Å². The van der Waals surface area contributed by atoms with Crippen LogP contribution in [-0.4, -0.2) is 48.6 Å². The van der Waals surface area contributed by atoms with Gasteiger partial charge in [0.1, 0.15) is 5.76 Å². The molecule has 1 aromatic rings. The van der Waals surface area contributed by atoms with Gasteiger partial charge in [-0.1, -0.05) is 6.92 Å². The normalized spacial score (nSPS) is 23.3. The standard InChI is InChI=1S/C17H29N3O/c1-3-20-9-4-5-16(20)13-19(2)12-14-8-10-21-17(14)11-18-15-6-7-15/h8,10,15-16,18H,3-7,9,11-13H2,1-2H3. The molecule has 2 fully saturated rings. The zero-order chi connectivity index (χ0) is 14.7. The van der Waals surface area contributed by atoms with Crippen molar-refractivity contribution < 1.29 is 4.42 Å². The van der Waals surface area contributed by atoms with Gasteiger partial charge in [0, 0.05) is 30.7 Å². The molecule has 1 unspecified atom stereocenters. The molecule has 3 rings (SSSR count). The van der Waals surface area contributed by atoms with E-state index in [9.17, 15) is 0 Å². The van der Waals surface area contributed by atoms with Crippen LogP contribution in [0.15, 0.2) is 16.7 Å². The van der Waals surface area contributed by atoms with Gasteiger partial charge in [-0.2, -0.15) is 0 Å². The van der Waals surface area contributed by atoms with Crippen molar-refractivity contribution in [2.24, 2.45) is 0 Å². The van der Waals surface area contributed by atoms with Crippen LogP contribution in [0.5, 0.6) is 0 Å². The minimum Gasteiger partial charge on any atom is -0.468 e. The second-order valence-electron chi connectivity index (χ2n) is 6.65. The Morgan fingerprint density at radius 3 is 3.00 bits per heavy atom. The van der Waals surface area contributed by atoms with Crippen LogP contribution in [0.25, 0.3) is 0 Å². The molecule has 0 spiro atoms. The number of likely N-dealkylation sites (N-methyl/N-ethyl adjacent to an activating group) is 2. The number of furan rings is 1. The molecule has 1 saturated carbocycles. The molecule has 1 aliphatic heterocycles. The van der Waals surface area contributed by atoms with Crippen LogP contribution in [-0.2, 0) is 13.1 Å². The summed E-state index contributed by atoms with van der Waals surface area (Å²) in [5, 5.41) is 3.54. The maximum absolute atomic E-state index is 5.66. The average molecular weight is 291 g/mol. The molecule has 4 heteroatoms. The van der Waals surface area contributed by atoms with E-state index in [1.807, 2.05) is 6.26 Å². The Balaban J connectivity index is 1.49. The lowest BCUT2D eigenvalue weighted by Crippen LogP contribution is -2.38. The highest BCUT2D eigenvalue weighted by atomic mass is 16.3. The van der Waals surface area contributed by atoms with Crippen LogP contribution in [0, 0.1) is 0 Å². The molecule has 4 nitrogen and oxygen atoms in total. The maximum atomic E-state index is 5.66. The molecule has 1 saturated heterocycles. The summed E-state index contributed by atoms with van der Waals surface area (Å²) in [7, 11) is 2.23. The third kappa shape index (κ3) is 4.09. The lowest BCUT2D eigenvalue weighted by Gasteiger charge is -2.27. The number of nitrogens with zero attached hydrogens (tertiary/aromatic N) is 2. The van der Waals surface area contributed by atoms with Crippen LogP contribution < -0.4 is 5.32 Å². The third-order valence-corrected chi connectivity index (χ3v) is 4.83. The van der Waals surface area contributed by atoms with E-state index in [1.54, 1.807) is 0 Å². The Morgan fingerprint density at radius 2 is 2.24 bits per heavy atom. The molecule has 1 atom stereocenters. The van der Waals surface area contributed by atoms with Crippen LogP contribution in [0.3, 0.4) is 0 Å². The van der Waals surface area contributed by atoms with Gasteiger partial charge in [-0.05, 0) is 51.9 Å². The molecule has 1 N–H and O–H groups in total. The second-order valence-corrected chi connectivity index (χ2v) is 6.65. The second kappa shape index (κ2) is 6.95. The molecule has 1 aliphatic carbocycles. The molecular formula is C17H29N3O. The fraction of sp³-hybridized carbons (Fsp3) is 0.765. The predicted octanol–water partition coefficient (Wildman–Crippen LogP) is 2.45. The molecule has 21 heavy (non-hydrogen) atoms. The van der Waals surface area contributed by atoms with E-state index in [-0.39, 0.29) is 0 Å². The SMILES string of the molecule is CCN1CCCC1CN(C)Cc1ccoc1CNC1CC1. The Bertz CT molecular complexity index is 441. The zero-order valence-electron chi connectivity index (χ0n) is 13.5. The van der Waals surface area contributed by atoms with E-state index in [0.29, 0.717) is 0 Å². The number of hydrogen-bond donors (Lipinski definition) is 1. The first-order valence-electron chi connectivity index (χ1n) is 8.47. The first-order valence-corrected chi connectivity index (χ1v) is 8.47.